The Kier molecular flexibility index (Phi) is 6.63. The molecule has 0 spiro atoms. The lowest BCUT2D eigenvalue weighted by Crippen LogP contribution is -3.08. The van der Waals surface area contributed by atoms with Gasteiger partial charge in [0.1, 0.15) is 6.54 Å². The molecule has 0 aromatic heterocycles. The number of benzene rings is 2. The second-order valence-corrected chi connectivity index (χ2v) is 5.73. The summed E-state index contributed by atoms with van der Waals surface area (Å²) in [5, 5.41) is 2.95. The molecule has 0 aliphatic carbocycles. The lowest BCUT2D eigenvalue weighted by Gasteiger charge is -2.17. The van der Waals surface area contributed by atoms with Crippen LogP contribution in [-0.2, 0) is 17.9 Å². The zero-order valence-corrected chi connectivity index (χ0v) is 14.5. The lowest BCUT2D eigenvalue weighted by atomic mass is 10.1. The van der Waals surface area contributed by atoms with Gasteiger partial charge >= 0.3 is 0 Å². The van der Waals surface area contributed by atoms with Crippen LogP contribution in [0.1, 0.15) is 11.1 Å². The number of methoxy groups -OCH3 is 2. The molecule has 1 atom stereocenters. The van der Waals surface area contributed by atoms with Crippen molar-refractivity contribution in [1.82, 2.24) is 5.32 Å². The summed E-state index contributed by atoms with van der Waals surface area (Å²) in [6.07, 6.45) is 0. The first-order chi connectivity index (χ1) is 11.6. The maximum atomic E-state index is 12.1. The fraction of sp³-hybridized carbons (Fsp3) is 0.316. The minimum atomic E-state index is 0.0261. The number of para-hydroxylation sites is 1. The van der Waals surface area contributed by atoms with E-state index < -0.39 is 0 Å². The van der Waals surface area contributed by atoms with Gasteiger partial charge < -0.3 is 19.7 Å². The van der Waals surface area contributed by atoms with Crippen LogP contribution in [0.2, 0.25) is 0 Å². The van der Waals surface area contributed by atoms with Gasteiger partial charge in [0, 0.05) is 6.54 Å². The molecule has 0 radical (unpaired) electrons. The van der Waals surface area contributed by atoms with Gasteiger partial charge in [-0.05, 0) is 17.7 Å². The van der Waals surface area contributed by atoms with Crippen LogP contribution in [0.3, 0.4) is 0 Å². The molecule has 0 saturated carbocycles. The lowest BCUT2D eigenvalue weighted by molar-refractivity contribution is -0.885. The highest BCUT2D eigenvalue weighted by molar-refractivity contribution is 5.76. The van der Waals surface area contributed by atoms with Crippen LogP contribution in [0.15, 0.2) is 48.5 Å². The molecule has 128 valence electrons. The topological polar surface area (TPSA) is 52.0 Å². The Bertz CT molecular complexity index is 659. The highest BCUT2D eigenvalue weighted by Gasteiger charge is 2.15. The molecule has 0 aliphatic rings. The van der Waals surface area contributed by atoms with Gasteiger partial charge in [-0.1, -0.05) is 36.4 Å². The summed E-state index contributed by atoms with van der Waals surface area (Å²) < 4.78 is 10.8. The van der Waals surface area contributed by atoms with Crippen LogP contribution in [0.4, 0.5) is 0 Å². The molecular formula is C19H25N2O3+. The molecule has 1 amide bonds. The molecule has 5 nitrogen and oxygen atoms in total. The van der Waals surface area contributed by atoms with Gasteiger partial charge in [-0.15, -0.1) is 0 Å². The van der Waals surface area contributed by atoms with E-state index in [1.54, 1.807) is 14.2 Å². The van der Waals surface area contributed by atoms with E-state index in [0.717, 1.165) is 21.8 Å². The van der Waals surface area contributed by atoms with Crippen LogP contribution in [-0.4, -0.2) is 33.7 Å². The van der Waals surface area contributed by atoms with E-state index in [-0.39, 0.29) is 5.91 Å². The van der Waals surface area contributed by atoms with Crippen molar-refractivity contribution in [3.8, 4) is 11.5 Å². The number of carbonyl (C=O) groups is 1. The number of quaternary nitrogens is 1. The van der Waals surface area contributed by atoms with E-state index in [4.69, 9.17) is 9.47 Å². The van der Waals surface area contributed by atoms with Crippen molar-refractivity contribution in [2.45, 2.75) is 13.1 Å². The first-order valence-corrected chi connectivity index (χ1v) is 7.95. The van der Waals surface area contributed by atoms with Crippen LogP contribution >= 0.6 is 0 Å². The smallest absolute Gasteiger partial charge is 0.275 e. The monoisotopic (exact) mass is 329 g/mol. The largest absolute Gasteiger partial charge is 0.493 e. The molecule has 0 aliphatic heterocycles. The molecule has 2 aromatic carbocycles. The van der Waals surface area contributed by atoms with Crippen LogP contribution in [0.25, 0.3) is 0 Å². The van der Waals surface area contributed by atoms with E-state index in [1.807, 2.05) is 55.6 Å². The average molecular weight is 329 g/mol. The molecule has 0 heterocycles. The normalized spacial score (nSPS) is 11.6. The first-order valence-electron chi connectivity index (χ1n) is 7.95. The van der Waals surface area contributed by atoms with Crippen molar-refractivity contribution < 1.29 is 19.2 Å². The second kappa shape index (κ2) is 8.93. The Hall–Kier alpha value is -2.53. The second-order valence-electron chi connectivity index (χ2n) is 5.73. The summed E-state index contributed by atoms with van der Waals surface area (Å²) >= 11 is 0. The van der Waals surface area contributed by atoms with Gasteiger partial charge in [0.25, 0.3) is 5.91 Å². The summed E-state index contributed by atoms with van der Waals surface area (Å²) in [5.41, 5.74) is 2.11. The fourth-order valence-corrected chi connectivity index (χ4v) is 2.61. The minimum absolute atomic E-state index is 0.0261. The van der Waals surface area contributed by atoms with E-state index in [9.17, 15) is 4.79 Å². The number of hydrogen-bond donors (Lipinski definition) is 2. The van der Waals surface area contributed by atoms with Gasteiger partial charge in [-0.25, -0.2) is 0 Å². The molecule has 0 saturated heterocycles. The third kappa shape index (κ3) is 4.99. The summed E-state index contributed by atoms with van der Waals surface area (Å²) in [5.74, 6) is 1.46. The first kappa shape index (κ1) is 17.8. The summed E-state index contributed by atoms with van der Waals surface area (Å²) in [7, 11) is 5.24. The number of carbonyl (C=O) groups excluding carboxylic acids is 1. The Morgan fingerprint density at radius 3 is 2.46 bits per heavy atom. The quantitative estimate of drug-likeness (QED) is 0.761. The number of likely N-dealkylation sites (N-methyl/N-ethyl adjacent to an activating group) is 1. The van der Waals surface area contributed by atoms with Crippen molar-refractivity contribution in [3.63, 3.8) is 0 Å². The van der Waals surface area contributed by atoms with E-state index in [1.165, 1.54) is 0 Å². The number of amides is 1. The Morgan fingerprint density at radius 2 is 1.79 bits per heavy atom. The predicted octanol–water partition coefficient (Wildman–Crippen LogP) is 1.03. The number of rotatable bonds is 8. The molecule has 5 heteroatoms. The third-order valence-electron chi connectivity index (χ3n) is 3.77. The van der Waals surface area contributed by atoms with Gasteiger partial charge in [0.15, 0.2) is 18.0 Å². The minimum Gasteiger partial charge on any atom is -0.493 e. The molecular weight excluding hydrogens is 304 g/mol. The molecule has 2 rings (SSSR count). The predicted molar refractivity (Wildman–Crippen MR) is 93.3 cm³/mol. The molecule has 24 heavy (non-hydrogen) atoms. The van der Waals surface area contributed by atoms with Gasteiger partial charge in [0.2, 0.25) is 0 Å². The summed E-state index contributed by atoms with van der Waals surface area (Å²) in [6.45, 7) is 1.63. The van der Waals surface area contributed by atoms with Crippen LogP contribution in [0.5, 0.6) is 11.5 Å². The van der Waals surface area contributed by atoms with E-state index >= 15 is 0 Å². The van der Waals surface area contributed by atoms with E-state index in [2.05, 4.69) is 5.32 Å². The zero-order valence-electron chi connectivity index (χ0n) is 14.5. The standard InChI is InChI=1S/C19H24N2O3/c1-21(13-16-10-7-11-17(23-2)19(16)24-3)14-18(22)20-12-15-8-5-4-6-9-15/h4-11H,12-14H2,1-3H3,(H,20,22)/p+1. The molecule has 0 bridgehead atoms. The Morgan fingerprint density at radius 1 is 1.04 bits per heavy atom. The number of ether oxygens (including phenoxy) is 2. The van der Waals surface area contributed by atoms with Crippen molar-refractivity contribution in [1.29, 1.82) is 0 Å². The molecule has 2 N–H and O–H groups in total. The van der Waals surface area contributed by atoms with Crippen molar-refractivity contribution >= 4 is 5.91 Å². The van der Waals surface area contributed by atoms with Crippen molar-refractivity contribution in [2.75, 3.05) is 27.8 Å². The maximum Gasteiger partial charge on any atom is 0.275 e. The van der Waals surface area contributed by atoms with Crippen LogP contribution < -0.4 is 19.7 Å². The molecule has 2 aromatic rings. The average Bonchev–Trinajstić information content (AvgIpc) is 2.60. The fourth-order valence-electron chi connectivity index (χ4n) is 2.61. The van der Waals surface area contributed by atoms with Gasteiger partial charge in [-0.2, -0.15) is 0 Å². The Labute approximate surface area is 143 Å². The van der Waals surface area contributed by atoms with E-state index in [0.29, 0.717) is 25.4 Å². The zero-order chi connectivity index (χ0) is 17.4. The van der Waals surface area contributed by atoms with Gasteiger partial charge in [0.05, 0.1) is 26.8 Å². The van der Waals surface area contributed by atoms with Crippen molar-refractivity contribution in [3.05, 3.63) is 59.7 Å². The third-order valence-corrected chi connectivity index (χ3v) is 3.77. The van der Waals surface area contributed by atoms with Gasteiger partial charge in [-0.3, -0.25) is 4.79 Å². The summed E-state index contributed by atoms with van der Waals surface area (Å²) in [6, 6.07) is 15.7. The highest BCUT2D eigenvalue weighted by Crippen LogP contribution is 2.29. The summed E-state index contributed by atoms with van der Waals surface area (Å²) in [4.78, 5) is 13.2. The molecule has 1 unspecified atom stereocenters. The number of nitrogens with one attached hydrogen (secondary N) is 2. The Balaban J connectivity index is 1.88. The highest BCUT2D eigenvalue weighted by atomic mass is 16.5. The SMILES string of the molecule is COc1cccc(C[NH+](C)CC(=O)NCc2ccccc2)c1OC. The van der Waals surface area contributed by atoms with Crippen molar-refractivity contribution in [2.24, 2.45) is 0 Å². The maximum absolute atomic E-state index is 12.1. The molecule has 0 fully saturated rings. The van der Waals surface area contributed by atoms with Crippen LogP contribution in [0, 0.1) is 0 Å². The number of hydrogen-bond acceptors (Lipinski definition) is 3.